The van der Waals surface area contributed by atoms with Crippen molar-refractivity contribution in [1.29, 1.82) is 0 Å². The number of fused-ring (bicyclic) bond motifs is 1. The minimum absolute atomic E-state index is 0.0405. The average Bonchev–Trinajstić information content (AvgIpc) is 3.47. The van der Waals surface area contributed by atoms with Gasteiger partial charge in [-0.3, -0.25) is 19.4 Å². The number of benzene rings is 1. The van der Waals surface area contributed by atoms with E-state index in [0.717, 1.165) is 39.4 Å². The highest BCUT2D eigenvalue weighted by Crippen LogP contribution is 2.26. The van der Waals surface area contributed by atoms with E-state index >= 15 is 0 Å². The van der Waals surface area contributed by atoms with Gasteiger partial charge in [0.15, 0.2) is 0 Å². The summed E-state index contributed by atoms with van der Waals surface area (Å²) in [4.78, 5) is 28.0. The molecule has 1 N–H and O–H groups in total. The highest BCUT2D eigenvalue weighted by molar-refractivity contribution is 5.81. The number of piperazine rings is 1. The third-order valence-electron chi connectivity index (χ3n) is 6.89. The van der Waals surface area contributed by atoms with Crippen LogP contribution in [0.3, 0.4) is 0 Å². The molecule has 194 valence electrons. The van der Waals surface area contributed by atoms with Gasteiger partial charge in [-0.25, -0.2) is 4.98 Å². The Balaban J connectivity index is 1.24. The Hall–Kier alpha value is -3.73. The molecular formula is C26H28F3N7O. The van der Waals surface area contributed by atoms with E-state index in [2.05, 4.69) is 33.0 Å². The van der Waals surface area contributed by atoms with E-state index in [4.69, 9.17) is 4.98 Å². The van der Waals surface area contributed by atoms with Crippen molar-refractivity contribution in [2.24, 2.45) is 7.05 Å². The maximum absolute atomic E-state index is 12.6. The number of nitrogens with one attached hydrogen (secondary N) is 1. The van der Waals surface area contributed by atoms with E-state index in [0.29, 0.717) is 19.5 Å². The molecule has 37 heavy (non-hydrogen) atoms. The normalized spacial score (nSPS) is 15.9. The Morgan fingerprint density at radius 2 is 1.86 bits per heavy atom. The Kier molecular flexibility index (Phi) is 6.72. The predicted octanol–water partition coefficient (Wildman–Crippen LogP) is 4.11. The summed E-state index contributed by atoms with van der Waals surface area (Å²) >= 11 is 0. The Bertz CT molecular complexity index is 1400. The first kappa shape index (κ1) is 24.9. The van der Waals surface area contributed by atoms with Gasteiger partial charge in [-0.2, -0.15) is 18.3 Å². The van der Waals surface area contributed by atoms with Gasteiger partial charge in [0.1, 0.15) is 12.2 Å². The molecule has 1 unspecified atom stereocenters. The molecule has 0 aliphatic carbocycles. The molecule has 4 aromatic rings. The zero-order valence-corrected chi connectivity index (χ0v) is 20.7. The van der Waals surface area contributed by atoms with Gasteiger partial charge in [0, 0.05) is 69.3 Å². The Morgan fingerprint density at radius 3 is 2.57 bits per heavy atom. The van der Waals surface area contributed by atoms with E-state index < -0.39 is 18.5 Å². The van der Waals surface area contributed by atoms with E-state index in [9.17, 15) is 18.0 Å². The largest absolute Gasteiger partial charge is 0.397 e. The summed E-state index contributed by atoms with van der Waals surface area (Å²) in [5.41, 5.74) is 5.83. The second-order valence-electron chi connectivity index (χ2n) is 9.40. The Morgan fingerprint density at radius 1 is 1.08 bits per heavy atom. The lowest BCUT2D eigenvalue weighted by atomic mass is 10.1. The lowest BCUT2D eigenvalue weighted by Crippen LogP contribution is -2.50. The van der Waals surface area contributed by atoms with E-state index in [1.54, 1.807) is 12.4 Å². The molecule has 1 aliphatic rings. The summed E-state index contributed by atoms with van der Waals surface area (Å²) < 4.78 is 39.5. The van der Waals surface area contributed by atoms with Crippen molar-refractivity contribution >= 4 is 16.9 Å². The first-order valence-electron chi connectivity index (χ1n) is 12.2. The van der Waals surface area contributed by atoms with E-state index in [-0.39, 0.29) is 19.1 Å². The van der Waals surface area contributed by atoms with Gasteiger partial charge in [0.25, 0.3) is 0 Å². The van der Waals surface area contributed by atoms with Crippen LogP contribution in [-0.2, 0) is 18.3 Å². The standard InChI is InChI=1S/C26H28F3N7O/c1-17(35-9-11-36(12-10-35)25(37)16-26(27,28)29)18-5-7-30-20(13-18)15-24-32-21-4-3-19(14-22(21)33-24)23-6-8-31-34(23)2/h3-8,13-14,17H,9-12,15-16H2,1-2H3,(H,32,33). The van der Waals surface area contributed by atoms with Crippen molar-refractivity contribution in [3.63, 3.8) is 0 Å². The second kappa shape index (κ2) is 9.97. The molecule has 11 heteroatoms. The summed E-state index contributed by atoms with van der Waals surface area (Å²) in [6.07, 6.45) is -1.80. The molecule has 0 radical (unpaired) electrons. The van der Waals surface area contributed by atoms with Crippen molar-refractivity contribution in [2.45, 2.75) is 32.0 Å². The predicted molar refractivity (Wildman–Crippen MR) is 133 cm³/mol. The van der Waals surface area contributed by atoms with Crippen molar-refractivity contribution in [2.75, 3.05) is 26.2 Å². The molecule has 0 spiro atoms. The van der Waals surface area contributed by atoms with Crippen molar-refractivity contribution in [3.05, 3.63) is 65.9 Å². The van der Waals surface area contributed by atoms with Gasteiger partial charge in [0.05, 0.1) is 16.7 Å². The third-order valence-corrected chi connectivity index (χ3v) is 6.89. The van der Waals surface area contributed by atoms with Crippen LogP contribution in [0.4, 0.5) is 13.2 Å². The van der Waals surface area contributed by atoms with Crippen LogP contribution < -0.4 is 0 Å². The molecule has 4 heterocycles. The number of hydrogen-bond acceptors (Lipinski definition) is 5. The summed E-state index contributed by atoms with van der Waals surface area (Å²) in [5.74, 6) is -0.0458. The van der Waals surface area contributed by atoms with Gasteiger partial charge < -0.3 is 9.88 Å². The number of alkyl halides is 3. The summed E-state index contributed by atoms with van der Waals surface area (Å²) in [6.45, 7) is 3.68. The third kappa shape index (κ3) is 5.66. The molecule has 1 fully saturated rings. The number of aromatic nitrogens is 5. The van der Waals surface area contributed by atoms with Crippen LogP contribution in [0.1, 0.15) is 36.5 Å². The summed E-state index contributed by atoms with van der Waals surface area (Å²) in [6, 6.07) is 12.1. The lowest BCUT2D eigenvalue weighted by molar-refractivity contribution is -0.162. The van der Waals surface area contributed by atoms with Crippen LogP contribution >= 0.6 is 0 Å². The Labute approximate surface area is 212 Å². The van der Waals surface area contributed by atoms with Crippen LogP contribution in [0.25, 0.3) is 22.3 Å². The number of H-pyrrole nitrogens is 1. The molecule has 1 aromatic carbocycles. The maximum atomic E-state index is 12.6. The van der Waals surface area contributed by atoms with Gasteiger partial charge in [-0.05, 0) is 42.8 Å². The fourth-order valence-corrected chi connectivity index (χ4v) is 4.84. The van der Waals surface area contributed by atoms with Crippen molar-refractivity contribution < 1.29 is 18.0 Å². The fourth-order valence-electron chi connectivity index (χ4n) is 4.84. The zero-order valence-electron chi connectivity index (χ0n) is 20.7. The van der Waals surface area contributed by atoms with Gasteiger partial charge >= 0.3 is 6.18 Å². The first-order valence-corrected chi connectivity index (χ1v) is 12.2. The minimum Gasteiger partial charge on any atom is -0.342 e. The highest BCUT2D eigenvalue weighted by Gasteiger charge is 2.35. The minimum atomic E-state index is -4.48. The number of rotatable bonds is 6. The van der Waals surface area contributed by atoms with E-state index in [1.165, 1.54) is 4.90 Å². The van der Waals surface area contributed by atoms with E-state index in [1.807, 2.05) is 42.1 Å². The highest BCUT2D eigenvalue weighted by atomic mass is 19.4. The molecule has 8 nitrogen and oxygen atoms in total. The topological polar surface area (TPSA) is 82.9 Å². The quantitative estimate of drug-likeness (QED) is 0.421. The number of amides is 1. The zero-order chi connectivity index (χ0) is 26.2. The number of hydrogen-bond donors (Lipinski definition) is 1. The van der Waals surface area contributed by atoms with Gasteiger partial charge in [0.2, 0.25) is 5.91 Å². The SMILES string of the molecule is CC(c1ccnc(Cc2nc3ccc(-c4ccnn4C)cc3[nH]2)c1)N1CCN(C(=O)CC(F)(F)F)CC1. The molecule has 1 saturated heterocycles. The average molecular weight is 512 g/mol. The fraction of sp³-hybridized carbons (Fsp3) is 0.385. The van der Waals surface area contributed by atoms with Gasteiger partial charge in [-0.1, -0.05) is 6.07 Å². The number of aryl methyl sites for hydroxylation is 1. The first-order chi connectivity index (χ1) is 17.7. The van der Waals surface area contributed by atoms with Crippen LogP contribution in [-0.4, -0.2) is 72.8 Å². The molecule has 5 rings (SSSR count). The van der Waals surface area contributed by atoms with Crippen LogP contribution in [0.5, 0.6) is 0 Å². The smallest absolute Gasteiger partial charge is 0.342 e. The molecule has 3 aromatic heterocycles. The number of imidazole rings is 1. The van der Waals surface area contributed by atoms with Crippen molar-refractivity contribution in [3.8, 4) is 11.3 Å². The maximum Gasteiger partial charge on any atom is 0.397 e. The number of halogens is 3. The number of pyridine rings is 1. The molecule has 1 amide bonds. The number of nitrogens with zero attached hydrogens (tertiary/aromatic N) is 6. The van der Waals surface area contributed by atoms with Crippen LogP contribution in [0, 0.1) is 0 Å². The molecule has 1 atom stereocenters. The summed E-state index contributed by atoms with van der Waals surface area (Å²) in [5, 5.41) is 4.24. The number of carbonyl (C=O) groups excluding carboxylic acids is 1. The number of carbonyl (C=O) groups is 1. The molecule has 0 saturated carbocycles. The lowest BCUT2D eigenvalue weighted by Gasteiger charge is -2.38. The van der Waals surface area contributed by atoms with Gasteiger partial charge in [-0.15, -0.1) is 0 Å². The molecule has 1 aliphatic heterocycles. The van der Waals surface area contributed by atoms with Crippen LogP contribution in [0.2, 0.25) is 0 Å². The molecule has 0 bridgehead atoms. The van der Waals surface area contributed by atoms with Crippen LogP contribution in [0.15, 0.2) is 48.8 Å². The second-order valence-corrected chi connectivity index (χ2v) is 9.40. The summed E-state index contributed by atoms with van der Waals surface area (Å²) in [7, 11) is 1.91. The van der Waals surface area contributed by atoms with Crippen molar-refractivity contribution in [1.82, 2.24) is 34.5 Å². The molecular weight excluding hydrogens is 483 g/mol. The monoisotopic (exact) mass is 511 g/mol. The number of aromatic amines is 1.